The maximum absolute atomic E-state index is 8.52. The van der Waals surface area contributed by atoms with Crippen LogP contribution in [0.5, 0.6) is 0 Å². The van der Waals surface area contributed by atoms with E-state index in [2.05, 4.69) is 141 Å². The van der Waals surface area contributed by atoms with Crippen molar-refractivity contribution in [2.75, 3.05) is 0 Å². The topological polar surface area (TPSA) is 0 Å². The van der Waals surface area contributed by atoms with E-state index in [0.29, 0.717) is 0 Å². The standard InChI is InChI=1S/2C19H19.C2H7Si.2ClH.Zr/c2*1-12-5-8-17(15(4)9-12)19-14(3)6-7-16-10-13(2)11-18(16)19;1-3-2;;;/h2*5-11H,1-4H3;3H,1-2H3;2*1H;/q;;;;;+2/p-2. The fourth-order valence-corrected chi connectivity index (χ4v) is 41.5. The Bertz CT molecular complexity index is 1790. The molecule has 0 heterocycles. The Labute approximate surface area is 274 Å². The molecule has 2 unspecified atom stereocenters. The third-order valence-corrected chi connectivity index (χ3v) is 63.0. The van der Waals surface area contributed by atoms with Crippen molar-refractivity contribution in [3.63, 3.8) is 0 Å². The first kappa shape index (κ1) is 32.0. The van der Waals surface area contributed by atoms with E-state index in [1.807, 2.05) is 0 Å². The molecule has 0 bridgehead atoms. The molecule has 0 saturated heterocycles. The summed E-state index contributed by atoms with van der Waals surface area (Å²) in [5, 5.41) is 0. The Kier molecular flexibility index (Phi) is 8.06. The van der Waals surface area contributed by atoms with Crippen LogP contribution in [-0.2, 0) is 15.6 Å². The van der Waals surface area contributed by atoms with Crippen LogP contribution < -0.4 is 0 Å². The number of benzene rings is 4. The molecule has 6 rings (SSSR count). The van der Waals surface area contributed by atoms with Gasteiger partial charge in [-0.3, -0.25) is 0 Å². The Balaban J connectivity index is 1.59. The predicted octanol–water partition coefficient (Wildman–Crippen LogP) is 12.5. The van der Waals surface area contributed by atoms with Crippen LogP contribution in [0.4, 0.5) is 0 Å². The Morgan fingerprint density at radius 1 is 0.523 bits per heavy atom. The predicted molar refractivity (Wildman–Crippen MR) is 196 cm³/mol. The van der Waals surface area contributed by atoms with E-state index in [0.717, 1.165) is 0 Å². The van der Waals surface area contributed by atoms with Crippen LogP contribution in [0.15, 0.2) is 71.8 Å². The molecule has 4 aromatic rings. The van der Waals surface area contributed by atoms with E-state index in [1.165, 1.54) is 89.0 Å². The van der Waals surface area contributed by atoms with E-state index < -0.39 is 21.5 Å². The number of allylic oxidation sites excluding steroid dienone is 2. The zero-order chi connectivity index (χ0) is 31.9. The molecule has 0 nitrogen and oxygen atoms in total. The van der Waals surface area contributed by atoms with Crippen LogP contribution in [0.25, 0.3) is 34.4 Å². The van der Waals surface area contributed by atoms with Gasteiger partial charge in [-0.2, -0.15) is 0 Å². The number of hydrogen-bond donors (Lipinski definition) is 0. The molecule has 0 aromatic heterocycles. The van der Waals surface area contributed by atoms with Gasteiger partial charge in [0.05, 0.1) is 0 Å². The molecule has 0 spiro atoms. The van der Waals surface area contributed by atoms with Crippen molar-refractivity contribution in [1.82, 2.24) is 0 Å². The molecule has 2 aliphatic carbocycles. The summed E-state index contributed by atoms with van der Waals surface area (Å²) >= 11 is -4.74. The van der Waals surface area contributed by atoms with Gasteiger partial charge in [-0.1, -0.05) is 0 Å². The molecule has 2 aliphatic rings. The van der Waals surface area contributed by atoms with Gasteiger partial charge in [0.1, 0.15) is 0 Å². The maximum atomic E-state index is 8.52. The Morgan fingerprint density at radius 2 is 0.909 bits per heavy atom. The molecule has 2 atom stereocenters. The summed E-state index contributed by atoms with van der Waals surface area (Å²) in [5.41, 5.74) is 21.2. The second kappa shape index (κ2) is 11.1. The molecule has 0 radical (unpaired) electrons. The first-order chi connectivity index (χ1) is 20.6. The van der Waals surface area contributed by atoms with E-state index in [4.69, 9.17) is 17.0 Å². The first-order valence-corrected chi connectivity index (χ1v) is 32.3. The Morgan fingerprint density at radius 3 is 1.25 bits per heavy atom. The molecular formula is C40H45Cl2SiZr. The Hall–Kier alpha value is -1.96. The van der Waals surface area contributed by atoms with Gasteiger partial charge < -0.3 is 0 Å². The van der Waals surface area contributed by atoms with E-state index in [9.17, 15) is 0 Å². The van der Waals surface area contributed by atoms with Crippen LogP contribution in [-0.4, -0.2) is 5.92 Å². The van der Waals surface area contributed by atoms with Crippen LogP contribution in [0, 0.1) is 41.5 Å². The first-order valence-electron chi connectivity index (χ1n) is 16.0. The van der Waals surface area contributed by atoms with E-state index >= 15 is 0 Å². The molecule has 227 valence electrons. The molecule has 4 aromatic carbocycles. The summed E-state index contributed by atoms with van der Waals surface area (Å²) in [7, 11) is 17.0. The minimum absolute atomic E-state index is 0.0942. The summed E-state index contributed by atoms with van der Waals surface area (Å²) in [4.78, 5) is 0. The molecule has 0 N–H and O–H groups in total. The van der Waals surface area contributed by atoms with Gasteiger partial charge in [0.2, 0.25) is 0 Å². The normalized spacial score (nSPS) is 18.5. The number of halogens is 2. The molecular weight excluding hydrogens is 671 g/mol. The van der Waals surface area contributed by atoms with Crippen molar-refractivity contribution in [2.24, 2.45) is 0 Å². The summed E-state index contributed by atoms with van der Waals surface area (Å²) < 4.78 is 0.188. The van der Waals surface area contributed by atoms with E-state index in [1.54, 1.807) is 0 Å². The number of aryl methyl sites for hydroxylation is 6. The van der Waals surface area contributed by atoms with Crippen LogP contribution in [0.1, 0.15) is 76.7 Å². The third kappa shape index (κ3) is 4.69. The van der Waals surface area contributed by atoms with Gasteiger partial charge in [0, 0.05) is 0 Å². The average molecular weight is 716 g/mol. The van der Waals surface area contributed by atoms with Crippen LogP contribution in [0.2, 0.25) is 13.1 Å². The minimum atomic E-state index is -4.74. The van der Waals surface area contributed by atoms with Crippen LogP contribution in [0.3, 0.4) is 0 Å². The quantitative estimate of drug-likeness (QED) is 0.181. The molecule has 4 heteroatoms. The number of rotatable bonds is 5. The monoisotopic (exact) mass is 713 g/mol. The van der Waals surface area contributed by atoms with Crippen LogP contribution >= 0.6 is 17.0 Å². The van der Waals surface area contributed by atoms with Gasteiger partial charge in [-0.05, 0) is 0 Å². The zero-order valence-electron chi connectivity index (χ0n) is 27.9. The summed E-state index contributed by atoms with van der Waals surface area (Å²) in [5.74, 6) is -1.59. The third-order valence-electron chi connectivity index (χ3n) is 10.8. The van der Waals surface area contributed by atoms with Crippen molar-refractivity contribution in [1.29, 1.82) is 0 Å². The summed E-state index contributed by atoms with van der Waals surface area (Å²) in [6, 6.07) is 23.0. The molecule has 0 saturated carbocycles. The van der Waals surface area contributed by atoms with Gasteiger partial charge >= 0.3 is 276 Å². The SMILES string of the molecule is CC1=Cc2c(ccc(C)c2-c2ccc(C)cc2C)[CH]1[Zr]([Cl])([Cl])([CH]1C(C)=Cc2c1ccc(C)c2-c1ccc(C)cc1C)[SiH](C)C. The van der Waals surface area contributed by atoms with Crippen molar-refractivity contribution in [3.05, 3.63) is 127 Å². The molecule has 0 aliphatic heterocycles. The summed E-state index contributed by atoms with van der Waals surface area (Å²) in [6.45, 7) is 22.7. The van der Waals surface area contributed by atoms with E-state index in [-0.39, 0.29) is 7.25 Å². The van der Waals surface area contributed by atoms with Crippen molar-refractivity contribution in [3.8, 4) is 22.3 Å². The zero-order valence-corrected chi connectivity index (χ0v) is 33.0. The van der Waals surface area contributed by atoms with Crippen molar-refractivity contribution >= 4 is 35.1 Å². The fraction of sp³-hybridized carbons (Fsp3) is 0.300. The second-order valence-corrected chi connectivity index (χ2v) is 56.7. The van der Waals surface area contributed by atoms with Gasteiger partial charge in [-0.15, -0.1) is 0 Å². The number of fused-ring (bicyclic) bond motifs is 2. The van der Waals surface area contributed by atoms with Gasteiger partial charge in [0.25, 0.3) is 0 Å². The fourth-order valence-electron chi connectivity index (χ4n) is 8.62. The van der Waals surface area contributed by atoms with Gasteiger partial charge in [0.15, 0.2) is 0 Å². The average Bonchev–Trinajstić information content (AvgIpc) is 3.46. The molecule has 0 fully saturated rings. The summed E-state index contributed by atoms with van der Waals surface area (Å²) in [6.07, 6.45) is 4.86. The van der Waals surface area contributed by atoms with Crippen molar-refractivity contribution < 1.29 is 15.6 Å². The number of hydrogen-bond acceptors (Lipinski definition) is 0. The molecule has 44 heavy (non-hydrogen) atoms. The second-order valence-electron chi connectivity index (χ2n) is 14.2. The van der Waals surface area contributed by atoms with Gasteiger partial charge in [-0.25, -0.2) is 0 Å². The van der Waals surface area contributed by atoms with Crippen molar-refractivity contribution in [2.45, 2.75) is 75.7 Å². The molecule has 0 amide bonds.